The first-order valence-corrected chi connectivity index (χ1v) is 8.71. The standard InChI is InChI=1S/C16H17N5O2S/c1-18-8-12-7-15(13-5-3-2-4-6-13)21(11-12)24(22,23)14-9-19-16(17)20-10-14/h2-7,9-11,18H,8H2,1H3,(H2,17,19,20). The Morgan fingerprint density at radius 2 is 1.83 bits per heavy atom. The molecule has 0 unspecified atom stereocenters. The summed E-state index contributed by atoms with van der Waals surface area (Å²) < 4.78 is 27.2. The van der Waals surface area contributed by atoms with Crippen molar-refractivity contribution in [2.24, 2.45) is 0 Å². The van der Waals surface area contributed by atoms with Gasteiger partial charge in [-0.15, -0.1) is 0 Å². The van der Waals surface area contributed by atoms with Crippen molar-refractivity contribution in [3.05, 3.63) is 60.6 Å². The van der Waals surface area contributed by atoms with E-state index >= 15 is 0 Å². The van der Waals surface area contributed by atoms with Crippen LogP contribution in [0.3, 0.4) is 0 Å². The Morgan fingerprint density at radius 1 is 1.17 bits per heavy atom. The second-order valence-electron chi connectivity index (χ2n) is 5.21. The number of nitrogens with zero attached hydrogens (tertiary/aromatic N) is 3. The first kappa shape index (κ1) is 16.2. The lowest BCUT2D eigenvalue weighted by atomic mass is 10.1. The van der Waals surface area contributed by atoms with E-state index in [2.05, 4.69) is 15.3 Å². The number of nitrogen functional groups attached to an aromatic ring is 1. The molecule has 3 aromatic rings. The fourth-order valence-corrected chi connectivity index (χ4v) is 3.68. The van der Waals surface area contributed by atoms with Crippen LogP contribution >= 0.6 is 0 Å². The topological polar surface area (TPSA) is 103 Å². The first-order chi connectivity index (χ1) is 11.5. The number of hydrogen-bond donors (Lipinski definition) is 2. The number of hydrogen-bond acceptors (Lipinski definition) is 6. The van der Waals surface area contributed by atoms with Crippen molar-refractivity contribution in [3.8, 4) is 11.3 Å². The van der Waals surface area contributed by atoms with Crippen LogP contribution in [0.2, 0.25) is 0 Å². The average Bonchev–Trinajstić information content (AvgIpc) is 3.01. The van der Waals surface area contributed by atoms with E-state index < -0.39 is 10.0 Å². The summed E-state index contributed by atoms with van der Waals surface area (Å²) in [6.07, 6.45) is 4.03. The van der Waals surface area contributed by atoms with Gasteiger partial charge in [0.25, 0.3) is 10.0 Å². The van der Waals surface area contributed by atoms with Gasteiger partial charge in [-0.25, -0.2) is 22.4 Å². The monoisotopic (exact) mass is 343 g/mol. The molecule has 0 radical (unpaired) electrons. The molecule has 0 amide bonds. The molecule has 24 heavy (non-hydrogen) atoms. The number of aromatic nitrogens is 3. The molecular formula is C16H17N5O2S. The second kappa shape index (κ2) is 6.42. The van der Waals surface area contributed by atoms with E-state index in [-0.39, 0.29) is 10.8 Å². The Morgan fingerprint density at radius 3 is 2.46 bits per heavy atom. The van der Waals surface area contributed by atoms with Crippen LogP contribution in [-0.2, 0) is 16.6 Å². The maximum Gasteiger partial charge on any atom is 0.271 e. The van der Waals surface area contributed by atoms with Crippen LogP contribution < -0.4 is 11.1 Å². The summed E-state index contributed by atoms with van der Waals surface area (Å²) in [5.74, 6) is 0.0283. The van der Waals surface area contributed by atoms with E-state index in [1.54, 1.807) is 6.20 Å². The molecular weight excluding hydrogens is 326 g/mol. The van der Waals surface area contributed by atoms with Crippen molar-refractivity contribution < 1.29 is 8.42 Å². The quantitative estimate of drug-likeness (QED) is 0.727. The normalized spacial score (nSPS) is 11.5. The molecule has 124 valence electrons. The van der Waals surface area contributed by atoms with Gasteiger partial charge in [0.05, 0.1) is 18.1 Å². The van der Waals surface area contributed by atoms with Crippen molar-refractivity contribution >= 4 is 16.0 Å². The average molecular weight is 343 g/mol. The van der Waals surface area contributed by atoms with E-state index in [1.165, 1.54) is 16.4 Å². The summed E-state index contributed by atoms with van der Waals surface area (Å²) in [5, 5.41) is 3.03. The summed E-state index contributed by atoms with van der Waals surface area (Å²) in [4.78, 5) is 7.54. The van der Waals surface area contributed by atoms with Crippen LogP contribution in [0.1, 0.15) is 5.56 Å². The van der Waals surface area contributed by atoms with E-state index in [1.807, 2.05) is 43.4 Å². The van der Waals surface area contributed by atoms with Gasteiger partial charge in [0.2, 0.25) is 5.95 Å². The molecule has 8 heteroatoms. The minimum absolute atomic E-state index is 0.0134. The van der Waals surface area contributed by atoms with Gasteiger partial charge in [0, 0.05) is 12.7 Å². The van der Waals surface area contributed by atoms with E-state index in [0.717, 1.165) is 11.1 Å². The maximum atomic E-state index is 13.0. The van der Waals surface area contributed by atoms with Crippen LogP contribution in [0.5, 0.6) is 0 Å². The van der Waals surface area contributed by atoms with E-state index in [4.69, 9.17) is 5.73 Å². The number of nitrogens with two attached hydrogens (primary N) is 1. The third kappa shape index (κ3) is 3.01. The van der Waals surface area contributed by atoms with Gasteiger partial charge in [-0.05, 0) is 24.2 Å². The van der Waals surface area contributed by atoms with Gasteiger partial charge in [-0.2, -0.15) is 0 Å². The van der Waals surface area contributed by atoms with Crippen molar-refractivity contribution in [1.29, 1.82) is 0 Å². The molecule has 2 heterocycles. The van der Waals surface area contributed by atoms with Gasteiger partial charge in [-0.1, -0.05) is 30.3 Å². The minimum Gasteiger partial charge on any atom is -0.368 e. The summed E-state index contributed by atoms with van der Waals surface area (Å²) in [6, 6.07) is 11.2. The lowest BCUT2D eigenvalue weighted by molar-refractivity contribution is 0.587. The van der Waals surface area contributed by atoms with Crippen molar-refractivity contribution in [3.63, 3.8) is 0 Å². The molecule has 0 aliphatic rings. The number of anilines is 1. The molecule has 0 saturated heterocycles. The Kier molecular flexibility index (Phi) is 4.32. The molecule has 1 aromatic carbocycles. The second-order valence-corrected chi connectivity index (χ2v) is 7.02. The zero-order chi connectivity index (χ0) is 17.2. The summed E-state index contributed by atoms with van der Waals surface area (Å²) in [6.45, 7) is 0.556. The van der Waals surface area contributed by atoms with Crippen molar-refractivity contribution in [2.75, 3.05) is 12.8 Å². The summed E-state index contributed by atoms with van der Waals surface area (Å²) >= 11 is 0. The molecule has 7 nitrogen and oxygen atoms in total. The zero-order valence-electron chi connectivity index (χ0n) is 13.0. The Labute approximate surface area is 140 Å². The highest BCUT2D eigenvalue weighted by atomic mass is 32.2. The maximum absolute atomic E-state index is 13.0. The number of rotatable bonds is 5. The van der Waals surface area contributed by atoms with Crippen LogP contribution in [0.4, 0.5) is 5.95 Å². The minimum atomic E-state index is -3.82. The van der Waals surface area contributed by atoms with Crippen molar-refractivity contribution in [1.82, 2.24) is 19.3 Å². The molecule has 0 atom stereocenters. The van der Waals surface area contributed by atoms with Gasteiger partial charge < -0.3 is 11.1 Å². The van der Waals surface area contributed by atoms with Gasteiger partial charge in [-0.3, -0.25) is 0 Å². The lowest BCUT2D eigenvalue weighted by Gasteiger charge is -2.10. The highest BCUT2D eigenvalue weighted by molar-refractivity contribution is 7.90. The van der Waals surface area contributed by atoms with Crippen LogP contribution in [0, 0.1) is 0 Å². The smallest absolute Gasteiger partial charge is 0.271 e. The van der Waals surface area contributed by atoms with Crippen LogP contribution in [-0.4, -0.2) is 29.4 Å². The predicted octanol–water partition coefficient (Wildman–Crippen LogP) is 1.48. The highest BCUT2D eigenvalue weighted by Gasteiger charge is 2.22. The molecule has 0 spiro atoms. The van der Waals surface area contributed by atoms with Gasteiger partial charge >= 0.3 is 0 Å². The Balaban J connectivity index is 2.17. The molecule has 0 bridgehead atoms. The summed E-state index contributed by atoms with van der Waals surface area (Å²) in [7, 11) is -2.02. The molecule has 3 rings (SSSR count). The molecule has 0 saturated carbocycles. The van der Waals surface area contributed by atoms with Crippen LogP contribution in [0.25, 0.3) is 11.3 Å². The Bertz CT molecular complexity index is 934. The van der Waals surface area contributed by atoms with Crippen LogP contribution in [0.15, 0.2) is 59.9 Å². The fourth-order valence-electron chi connectivity index (χ4n) is 2.39. The third-order valence-electron chi connectivity index (χ3n) is 3.50. The van der Waals surface area contributed by atoms with Gasteiger partial charge in [0.15, 0.2) is 0 Å². The largest absolute Gasteiger partial charge is 0.368 e. The molecule has 0 aliphatic heterocycles. The molecule has 0 fully saturated rings. The van der Waals surface area contributed by atoms with Crippen molar-refractivity contribution in [2.45, 2.75) is 11.4 Å². The third-order valence-corrected chi connectivity index (χ3v) is 5.12. The highest BCUT2D eigenvalue weighted by Crippen LogP contribution is 2.26. The SMILES string of the molecule is CNCc1cc(-c2ccccc2)n(S(=O)(=O)c2cnc(N)nc2)c1. The van der Waals surface area contributed by atoms with E-state index in [0.29, 0.717) is 12.2 Å². The fraction of sp³-hybridized carbons (Fsp3) is 0.125. The predicted molar refractivity (Wildman–Crippen MR) is 91.7 cm³/mol. The van der Waals surface area contributed by atoms with E-state index in [9.17, 15) is 8.42 Å². The Hall–Kier alpha value is -2.71. The molecule has 3 N–H and O–H groups in total. The molecule has 2 aromatic heterocycles. The zero-order valence-corrected chi connectivity index (χ0v) is 13.9. The number of benzene rings is 1. The summed E-state index contributed by atoms with van der Waals surface area (Å²) in [5.41, 5.74) is 7.69. The number of nitrogens with one attached hydrogen (secondary N) is 1. The van der Waals surface area contributed by atoms with Gasteiger partial charge in [0.1, 0.15) is 4.90 Å². The molecule has 0 aliphatic carbocycles. The lowest BCUT2D eigenvalue weighted by Crippen LogP contribution is -2.14. The first-order valence-electron chi connectivity index (χ1n) is 7.27.